The lowest BCUT2D eigenvalue weighted by atomic mass is 10.1. The first kappa shape index (κ1) is 13.1. The maximum absolute atomic E-state index is 10.8. The van der Waals surface area contributed by atoms with Crippen LogP contribution in [0.15, 0.2) is 54.7 Å². The number of rotatable bonds is 3. The molecule has 0 saturated heterocycles. The average Bonchev–Trinajstić information content (AvgIpc) is 2.97. The third-order valence-corrected chi connectivity index (χ3v) is 3.19. The summed E-state index contributed by atoms with van der Waals surface area (Å²) in [7, 11) is 0. The number of aromatic carboxylic acids is 1. The van der Waals surface area contributed by atoms with Gasteiger partial charge in [-0.05, 0) is 37.3 Å². The van der Waals surface area contributed by atoms with Crippen molar-refractivity contribution in [2.75, 3.05) is 0 Å². The quantitative estimate of drug-likeness (QED) is 0.800. The fourth-order valence-electron chi connectivity index (χ4n) is 2.08. The summed E-state index contributed by atoms with van der Waals surface area (Å²) in [6.45, 7) is 2.03. The molecular weight excluding hydrogens is 266 g/mol. The van der Waals surface area contributed by atoms with Crippen molar-refractivity contribution in [1.29, 1.82) is 0 Å². The molecule has 5 heteroatoms. The van der Waals surface area contributed by atoms with Gasteiger partial charge < -0.3 is 5.11 Å². The Bertz CT molecular complexity index is 791. The first-order valence-corrected chi connectivity index (χ1v) is 6.46. The fraction of sp³-hybridized carbons (Fsp3) is 0.0625. The van der Waals surface area contributed by atoms with Crippen LogP contribution in [0.4, 0.5) is 0 Å². The third kappa shape index (κ3) is 2.67. The predicted molar refractivity (Wildman–Crippen MR) is 78.5 cm³/mol. The van der Waals surface area contributed by atoms with Gasteiger partial charge in [-0.1, -0.05) is 29.0 Å². The lowest BCUT2D eigenvalue weighted by Crippen LogP contribution is -1.98. The van der Waals surface area contributed by atoms with Crippen LogP contribution in [0.1, 0.15) is 15.9 Å². The summed E-state index contributed by atoms with van der Waals surface area (Å²) in [5.41, 5.74) is 3.96. The van der Waals surface area contributed by atoms with Crippen LogP contribution in [-0.2, 0) is 0 Å². The Kier molecular flexibility index (Phi) is 3.23. The second-order valence-corrected chi connectivity index (χ2v) is 4.77. The number of nitrogens with zero attached hydrogens (tertiary/aromatic N) is 3. The van der Waals surface area contributed by atoms with Crippen LogP contribution in [-0.4, -0.2) is 26.1 Å². The standard InChI is InChI=1S/C16H13N3O2/c1-11-3-2-4-13(9-11)15-10-19(18-17-15)14-7-5-12(6-8-14)16(20)21/h2-10H,1H3,(H,20,21). The van der Waals surface area contributed by atoms with Crippen molar-refractivity contribution in [3.63, 3.8) is 0 Å². The number of hydrogen-bond donors (Lipinski definition) is 1. The lowest BCUT2D eigenvalue weighted by molar-refractivity contribution is 0.0697. The number of hydrogen-bond acceptors (Lipinski definition) is 3. The van der Waals surface area contributed by atoms with E-state index in [0.29, 0.717) is 0 Å². The molecule has 21 heavy (non-hydrogen) atoms. The highest BCUT2D eigenvalue weighted by Crippen LogP contribution is 2.19. The number of carboxylic acid groups (broad SMARTS) is 1. The maximum Gasteiger partial charge on any atom is 0.335 e. The van der Waals surface area contributed by atoms with Crippen molar-refractivity contribution < 1.29 is 9.90 Å². The summed E-state index contributed by atoms with van der Waals surface area (Å²) in [6.07, 6.45) is 1.82. The Morgan fingerprint density at radius 3 is 2.57 bits per heavy atom. The van der Waals surface area contributed by atoms with Gasteiger partial charge >= 0.3 is 5.97 Å². The smallest absolute Gasteiger partial charge is 0.335 e. The van der Waals surface area contributed by atoms with E-state index in [0.717, 1.165) is 22.5 Å². The van der Waals surface area contributed by atoms with Crippen molar-refractivity contribution in [1.82, 2.24) is 15.0 Å². The molecule has 0 aliphatic heterocycles. The van der Waals surface area contributed by atoms with Gasteiger partial charge in [0.1, 0.15) is 5.69 Å². The molecule has 0 unspecified atom stereocenters. The Labute approximate surface area is 121 Å². The van der Waals surface area contributed by atoms with Crippen LogP contribution in [0.3, 0.4) is 0 Å². The second-order valence-electron chi connectivity index (χ2n) is 4.77. The molecule has 104 valence electrons. The molecule has 0 atom stereocenters. The summed E-state index contributed by atoms with van der Waals surface area (Å²) in [6, 6.07) is 14.5. The number of carboxylic acids is 1. The normalized spacial score (nSPS) is 10.5. The zero-order chi connectivity index (χ0) is 14.8. The van der Waals surface area contributed by atoms with E-state index in [2.05, 4.69) is 10.3 Å². The number of aryl methyl sites for hydroxylation is 1. The van der Waals surface area contributed by atoms with Gasteiger partial charge in [-0.15, -0.1) is 5.10 Å². The molecule has 0 spiro atoms. The van der Waals surface area contributed by atoms with Crippen LogP contribution in [0.2, 0.25) is 0 Å². The molecule has 0 radical (unpaired) electrons. The van der Waals surface area contributed by atoms with E-state index < -0.39 is 5.97 Å². The molecule has 1 aromatic heterocycles. The lowest BCUT2D eigenvalue weighted by Gasteiger charge is -2.00. The van der Waals surface area contributed by atoms with Crippen molar-refractivity contribution in [2.24, 2.45) is 0 Å². The summed E-state index contributed by atoms with van der Waals surface area (Å²) in [5, 5.41) is 17.1. The molecule has 3 aromatic rings. The van der Waals surface area contributed by atoms with E-state index in [9.17, 15) is 4.79 Å². The number of benzene rings is 2. The molecule has 0 fully saturated rings. The number of aromatic nitrogens is 3. The van der Waals surface area contributed by atoms with Gasteiger partial charge in [0.15, 0.2) is 0 Å². The molecule has 0 amide bonds. The van der Waals surface area contributed by atoms with Gasteiger partial charge in [-0.2, -0.15) is 0 Å². The highest BCUT2D eigenvalue weighted by atomic mass is 16.4. The largest absolute Gasteiger partial charge is 0.478 e. The second kappa shape index (κ2) is 5.20. The van der Waals surface area contributed by atoms with E-state index in [-0.39, 0.29) is 5.56 Å². The molecule has 0 bridgehead atoms. The van der Waals surface area contributed by atoms with E-state index in [1.807, 2.05) is 37.4 Å². The zero-order valence-electron chi connectivity index (χ0n) is 11.4. The average molecular weight is 279 g/mol. The zero-order valence-corrected chi connectivity index (χ0v) is 11.4. The molecule has 1 N–H and O–H groups in total. The maximum atomic E-state index is 10.8. The van der Waals surface area contributed by atoms with E-state index in [4.69, 9.17) is 5.11 Å². The topological polar surface area (TPSA) is 68.0 Å². The Morgan fingerprint density at radius 2 is 1.90 bits per heavy atom. The van der Waals surface area contributed by atoms with Crippen LogP contribution in [0.25, 0.3) is 16.9 Å². The van der Waals surface area contributed by atoms with Gasteiger partial charge in [0.2, 0.25) is 0 Å². The first-order chi connectivity index (χ1) is 10.1. The molecule has 0 aliphatic rings. The highest BCUT2D eigenvalue weighted by Gasteiger charge is 2.07. The van der Waals surface area contributed by atoms with Crippen molar-refractivity contribution >= 4 is 5.97 Å². The summed E-state index contributed by atoms with van der Waals surface area (Å²) in [4.78, 5) is 10.8. The highest BCUT2D eigenvalue weighted by molar-refractivity contribution is 5.87. The molecule has 2 aromatic carbocycles. The third-order valence-electron chi connectivity index (χ3n) is 3.19. The Morgan fingerprint density at radius 1 is 1.14 bits per heavy atom. The van der Waals surface area contributed by atoms with Crippen LogP contribution in [0.5, 0.6) is 0 Å². The Balaban J connectivity index is 1.93. The molecule has 5 nitrogen and oxygen atoms in total. The molecule has 1 heterocycles. The van der Waals surface area contributed by atoms with E-state index in [1.165, 1.54) is 0 Å². The van der Waals surface area contributed by atoms with Crippen LogP contribution >= 0.6 is 0 Å². The minimum atomic E-state index is -0.944. The van der Waals surface area contributed by atoms with Gasteiger partial charge in [-0.3, -0.25) is 0 Å². The molecule has 0 saturated carbocycles. The van der Waals surface area contributed by atoms with Crippen molar-refractivity contribution in [2.45, 2.75) is 6.92 Å². The van der Waals surface area contributed by atoms with Gasteiger partial charge in [-0.25, -0.2) is 9.48 Å². The number of carbonyl (C=O) groups is 1. The first-order valence-electron chi connectivity index (χ1n) is 6.46. The molecule has 3 rings (SSSR count). The molecule has 0 aliphatic carbocycles. The summed E-state index contributed by atoms with van der Waals surface area (Å²) in [5.74, 6) is -0.944. The fourth-order valence-corrected chi connectivity index (χ4v) is 2.08. The SMILES string of the molecule is Cc1cccc(-c2cn(-c3ccc(C(=O)O)cc3)nn2)c1. The summed E-state index contributed by atoms with van der Waals surface area (Å²) < 4.78 is 1.63. The molecular formula is C16H13N3O2. The van der Waals surface area contributed by atoms with E-state index in [1.54, 1.807) is 28.9 Å². The van der Waals surface area contributed by atoms with Gasteiger partial charge in [0.05, 0.1) is 17.4 Å². The minimum absolute atomic E-state index is 0.248. The van der Waals surface area contributed by atoms with Crippen molar-refractivity contribution in [3.8, 4) is 16.9 Å². The van der Waals surface area contributed by atoms with E-state index >= 15 is 0 Å². The van der Waals surface area contributed by atoms with Crippen LogP contribution in [0, 0.1) is 6.92 Å². The van der Waals surface area contributed by atoms with Crippen molar-refractivity contribution in [3.05, 3.63) is 65.9 Å². The van der Waals surface area contributed by atoms with Gasteiger partial charge in [0, 0.05) is 5.56 Å². The monoisotopic (exact) mass is 279 g/mol. The minimum Gasteiger partial charge on any atom is -0.478 e. The van der Waals surface area contributed by atoms with Gasteiger partial charge in [0.25, 0.3) is 0 Å². The Hall–Kier alpha value is -2.95. The van der Waals surface area contributed by atoms with Crippen LogP contribution < -0.4 is 0 Å². The predicted octanol–water partition coefficient (Wildman–Crippen LogP) is 2.94. The summed E-state index contributed by atoms with van der Waals surface area (Å²) >= 11 is 0.